The van der Waals surface area contributed by atoms with Gasteiger partial charge in [0, 0.05) is 16.8 Å². The first-order chi connectivity index (χ1) is 20.1. The molecule has 0 aromatic heterocycles. The Kier molecular flexibility index (Phi) is 4.37. The first-order valence-electron chi connectivity index (χ1n) is 13.8. The van der Waals surface area contributed by atoms with E-state index in [-0.39, 0.29) is 0 Å². The minimum atomic E-state index is -3.54. The number of anilines is 3. The van der Waals surface area contributed by atoms with E-state index < -0.39 is 15.3 Å². The third-order valence-corrected chi connectivity index (χ3v) is 10.9. The molecule has 0 fully saturated rings. The fraction of sp³-hybridized carbons (Fsp3) is 0.0270. The van der Waals surface area contributed by atoms with E-state index in [1.807, 2.05) is 24.3 Å². The molecule has 3 nitrogen and oxygen atoms in total. The molecular weight excluding hydrogens is 522 g/mol. The summed E-state index contributed by atoms with van der Waals surface area (Å²) in [4.78, 5) is 3.05. The SMILES string of the molecule is O=S1(=O)c2ccccc2-c2cc(N3c4ccccc4C4(c5ccccc5-c5ccccc54)c4ccccc43)ccc21. The zero-order chi connectivity index (χ0) is 27.3. The van der Waals surface area contributed by atoms with Crippen molar-refractivity contribution in [3.05, 3.63) is 162 Å². The Balaban J connectivity index is 1.37. The maximum Gasteiger partial charge on any atom is 0.207 e. The number of para-hydroxylation sites is 2. The average molecular weight is 546 g/mol. The zero-order valence-electron chi connectivity index (χ0n) is 22.0. The van der Waals surface area contributed by atoms with Crippen molar-refractivity contribution >= 4 is 26.9 Å². The van der Waals surface area contributed by atoms with Crippen molar-refractivity contribution in [1.29, 1.82) is 0 Å². The summed E-state index contributed by atoms with van der Waals surface area (Å²) in [6.45, 7) is 0. The van der Waals surface area contributed by atoms with Gasteiger partial charge in [-0.05, 0) is 69.8 Å². The van der Waals surface area contributed by atoms with Crippen LogP contribution in [0, 0.1) is 0 Å². The van der Waals surface area contributed by atoms with Gasteiger partial charge < -0.3 is 4.90 Å². The zero-order valence-corrected chi connectivity index (χ0v) is 22.8. The highest BCUT2D eigenvalue weighted by atomic mass is 32.2. The summed E-state index contributed by atoms with van der Waals surface area (Å²) in [6, 6.07) is 47.9. The van der Waals surface area contributed by atoms with E-state index in [9.17, 15) is 8.42 Å². The molecule has 4 heteroatoms. The number of benzene rings is 6. The predicted molar refractivity (Wildman–Crippen MR) is 163 cm³/mol. The van der Waals surface area contributed by atoms with E-state index >= 15 is 0 Å². The minimum Gasteiger partial charge on any atom is -0.310 e. The maximum atomic E-state index is 13.3. The van der Waals surface area contributed by atoms with Gasteiger partial charge in [0.05, 0.1) is 26.6 Å². The van der Waals surface area contributed by atoms with Gasteiger partial charge in [0.15, 0.2) is 0 Å². The summed E-state index contributed by atoms with van der Waals surface area (Å²) in [6.07, 6.45) is 0. The van der Waals surface area contributed by atoms with Gasteiger partial charge in [0.2, 0.25) is 9.84 Å². The Hall–Kier alpha value is -4.93. The molecule has 0 amide bonds. The van der Waals surface area contributed by atoms with Crippen LogP contribution in [0.1, 0.15) is 22.3 Å². The Morgan fingerprint density at radius 2 is 0.902 bits per heavy atom. The molecule has 9 rings (SSSR count). The molecule has 0 unspecified atom stereocenters. The van der Waals surface area contributed by atoms with Crippen molar-refractivity contribution in [2.45, 2.75) is 15.2 Å². The Bertz CT molecular complexity index is 2100. The molecule has 0 saturated carbocycles. The Morgan fingerprint density at radius 3 is 1.51 bits per heavy atom. The molecule has 41 heavy (non-hydrogen) atoms. The molecule has 0 N–H and O–H groups in total. The monoisotopic (exact) mass is 545 g/mol. The third-order valence-electron chi connectivity index (χ3n) is 9.03. The first kappa shape index (κ1) is 22.8. The van der Waals surface area contributed by atoms with Gasteiger partial charge in [-0.25, -0.2) is 8.42 Å². The summed E-state index contributed by atoms with van der Waals surface area (Å²) in [5.41, 5.74) is 11.7. The van der Waals surface area contributed by atoms with E-state index in [4.69, 9.17) is 0 Å². The highest BCUT2D eigenvalue weighted by Gasteiger charge is 2.51. The lowest BCUT2D eigenvalue weighted by Crippen LogP contribution is -2.36. The summed E-state index contributed by atoms with van der Waals surface area (Å²) >= 11 is 0. The largest absolute Gasteiger partial charge is 0.310 e. The van der Waals surface area contributed by atoms with Gasteiger partial charge >= 0.3 is 0 Å². The molecule has 1 aliphatic carbocycles. The molecule has 0 bridgehead atoms. The van der Waals surface area contributed by atoms with Crippen LogP contribution in [-0.4, -0.2) is 8.42 Å². The fourth-order valence-electron chi connectivity index (χ4n) is 7.48. The average Bonchev–Trinajstić information content (AvgIpc) is 3.44. The molecule has 6 aromatic rings. The molecule has 0 atom stereocenters. The molecule has 6 aromatic carbocycles. The smallest absolute Gasteiger partial charge is 0.207 e. The highest BCUT2D eigenvalue weighted by molar-refractivity contribution is 7.92. The Labute approximate surface area is 238 Å². The van der Waals surface area contributed by atoms with E-state index in [0.717, 1.165) is 28.2 Å². The van der Waals surface area contributed by atoms with Crippen molar-refractivity contribution in [3.63, 3.8) is 0 Å². The highest BCUT2D eigenvalue weighted by Crippen LogP contribution is 2.63. The second-order valence-electron chi connectivity index (χ2n) is 10.9. The van der Waals surface area contributed by atoms with Crippen LogP contribution in [0.5, 0.6) is 0 Å². The molecule has 1 spiro atoms. The van der Waals surface area contributed by atoms with Crippen molar-refractivity contribution in [1.82, 2.24) is 0 Å². The summed E-state index contributed by atoms with van der Waals surface area (Å²) in [5.74, 6) is 0. The quantitative estimate of drug-likeness (QED) is 0.207. The van der Waals surface area contributed by atoms with Gasteiger partial charge in [-0.3, -0.25) is 0 Å². The van der Waals surface area contributed by atoms with Crippen LogP contribution in [0.2, 0.25) is 0 Å². The van der Waals surface area contributed by atoms with E-state index in [2.05, 4.69) is 102 Å². The lowest BCUT2D eigenvalue weighted by molar-refractivity contribution is 0.598. The number of sulfone groups is 1. The van der Waals surface area contributed by atoms with Gasteiger partial charge in [0.25, 0.3) is 0 Å². The molecule has 0 radical (unpaired) electrons. The predicted octanol–water partition coefficient (Wildman–Crippen LogP) is 8.65. The van der Waals surface area contributed by atoms with Gasteiger partial charge in [-0.15, -0.1) is 0 Å². The van der Waals surface area contributed by atoms with Gasteiger partial charge in [-0.1, -0.05) is 103 Å². The first-order valence-corrected chi connectivity index (χ1v) is 15.3. The van der Waals surface area contributed by atoms with Crippen molar-refractivity contribution in [2.75, 3.05) is 4.90 Å². The van der Waals surface area contributed by atoms with Crippen LogP contribution in [0.4, 0.5) is 17.1 Å². The number of hydrogen-bond acceptors (Lipinski definition) is 3. The Morgan fingerprint density at radius 1 is 0.439 bits per heavy atom. The maximum absolute atomic E-state index is 13.3. The van der Waals surface area contributed by atoms with Crippen LogP contribution in [0.25, 0.3) is 22.3 Å². The van der Waals surface area contributed by atoms with E-state index in [0.29, 0.717) is 9.79 Å². The topological polar surface area (TPSA) is 37.4 Å². The van der Waals surface area contributed by atoms with Crippen LogP contribution in [0.3, 0.4) is 0 Å². The minimum absolute atomic E-state index is 0.371. The van der Waals surface area contributed by atoms with E-state index in [1.165, 1.54) is 33.4 Å². The van der Waals surface area contributed by atoms with Crippen LogP contribution < -0.4 is 4.90 Å². The second-order valence-corrected chi connectivity index (χ2v) is 12.8. The molecule has 0 saturated heterocycles. The van der Waals surface area contributed by atoms with Gasteiger partial charge in [0.1, 0.15) is 0 Å². The van der Waals surface area contributed by atoms with Crippen molar-refractivity contribution in [2.24, 2.45) is 0 Å². The molecular formula is C37H23NO2S. The normalized spacial score (nSPS) is 15.9. The third kappa shape index (κ3) is 2.71. The summed E-state index contributed by atoms with van der Waals surface area (Å²) < 4.78 is 26.7. The molecule has 2 heterocycles. The van der Waals surface area contributed by atoms with Crippen molar-refractivity contribution in [3.8, 4) is 22.3 Å². The molecule has 2 aliphatic heterocycles. The lowest BCUT2D eigenvalue weighted by Gasteiger charge is -2.45. The van der Waals surface area contributed by atoms with Crippen LogP contribution in [0.15, 0.2) is 149 Å². The number of rotatable bonds is 1. The summed E-state index contributed by atoms with van der Waals surface area (Å²) in [7, 11) is -3.54. The second kappa shape index (κ2) is 7.84. The van der Waals surface area contributed by atoms with E-state index in [1.54, 1.807) is 18.2 Å². The summed E-state index contributed by atoms with van der Waals surface area (Å²) in [5, 5.41) is 0. The molecule has 194 valence electrons. The fourth-order valence-corrected chi connectivity index (χ4v) is 9.15. The van der Waals surface area contributed by atoms with Gasteiger partial charge in [-0.2, -0.15) is 0 Å². The standard InChI is InChI=1S/C37H23NO2S/c39-41(40)35-20-10-3-13-27(35)28-23-24(21-22-36(28)41)38-33-18-8-6-16-31(33)37(32-17-7-9-19-34(32)38)29-14-4-1-11-25(29)26-12-2-5-15-30(26)37/h1-23H. The van der Waals surface area contributed by atoms with Crippen LogP contribution >= 0.6 is 0 Å². The lowest BCUT2D eigenvalue weighted by atomic mass is 9.64. The molecule has 3 aliphatic rings. The number of hydrogen-bond donors (Lipinski definition) is 0. The van der Waals surface area contributed by atoms with Crippen molar-refractivity contribution < 1.29 is 8.42 Å². The number of nitrogens with zero attached hydrogens (tertiary/aromatic N) is 1. The number of fused-ring (bicyclic) bond motifs is 12. The van der Waals surface area contributed by atoms with Crippen LogP contribution in [-0.2, 0) is 15.3 Å².